The van der Waals surface area contributed by atoms with E-state index in [0.717, 1.165) is 11.1 Å². The van der Waals surface area contributed by atoms with Crippen molar-refractivity contribution in [3.8, 4) is 5.75 Å². The van der Waals surface area contributed by atoms with Crippen molar-refractivity contribution in [3.05, 3.63) is 29.3 Å². The first-order chi connectivity index (χ1) is 10.8. The highest BCUT2D eigenvalue weighted by molar-refractivity contribution is 5.95. The molecular weight excluding hydrogens is 300 g/mol. The van der Waals surface area contributed by atoms with Gasteiger partial charge in [0.05, 0.1) is 0 Å². The van der Waals surface area contributed by atoms with E-state index in [4.69, 9.17) is 9.47 Å². The second kappa shape index (κ2) is 8.77. The molecule has 0 aliphatic rings. The van der Waals surface area contributed by atoms with Gasteiger partial charge in [-0.05, 0) is 51.0 Å². The summed E-state index contributed by atoms with van der Waals surface area (Å²) in [5, 5.41) is 4.53. The van der Waals surface area contributed by atoms with Gasteiger partial charge in [0.15, 0.2) is 13.2 Å². The van der Waals surface area contributed by atoms with Crippen LogP contribution in [0, 0.1) is 13.8 Å². The van der Waals surface area contributed by atoms with Gasteiger partial charge in [-0.25, -0.2) is 9.59 Å². The van der Waals surface area contributed by atoms with Gasteiger partial charge in [0, 0.05) is 6.04 Å². The van der Waals surface area contributed by atoms with Crippen LogP contribution in [0.2, 0.25) is 0 Å². The Balaban J connectivity index is 2.30. The number of hydrogen-bond acceptors (Lipinski definition) is 5. The predicted molar refractivity (Wildman–Crippen MR) is 84.2 cm³/mol. The maximum atomic E-state index is 11.5. The lowest BCUT2D eigenvalue weighted by Gasteiger charge is -2.10. The van der Waals surface area contributed by atoms with Gasteiger partial charge in [-0.15, -0.1) is 0 Å². The lowest BCUT2D eigenvalue weighted by atomic mass is 10.1. The van der Waals surface area contributed by atoms with Gasteiger partial charge in [-0.1, -0.05) is 6.07 Å². The van der Waals surface area contributed by atoms with Gasteiger partial charge >= 0.3 is 12.0 Å². The van der Waals surface area contributed by atoms with Crippen LogP contribution in [-0.4, -0.2) is 37.2 Å². The molecule has 0 unspecified atom stereocenters. The van der Waals surface area contributed by atoms with Crippen LogP contribution in [0.3, 0.4) is 0 Å². The minimum absolute atomic E-state index is 0.100. The molecule has 126 valence electrons. The molecule has 1 rings (SSSR count). The van der Waals surface area contributed by atoms with E-state index < -0.39 is 24.5 Å². The van der Waals surface area contributed by atoms with Crippen LogP contribution in [0.25, 0.3) is 0 Å². The van der Waals surface area contributed by atoms with Gasteiger partial charge in [0.1, 0.15) is 5.75 Å². The molecule has 2 N–H and O–H groups in total. The molecule has 0 heterocycles. The summed E-state index contributed by atoms with van der Waals surface area (Å²) in [6, 6.07) is 4.71. The van der Waals surface area contributed by atoms with Crippen LogP contribution in [0.5, 0.6) is 5.75 Å². The lowest BCUT2D eigenvalue weighted by molar-refractivity contribution is -0.150. The topological polar surface area (TPSA) is 93.7 Å². The molecule has 0 radical (unpaired) electrons. The zero-order chi connectivity index (χ0) is 17.4. The van der Waals surface area contributed by atoms with E-state index in [1.54, 1.807) is 19.9 Å². The number of carbonyl (C=O) groups is 3. The molecule has 0 bridgehead atoms. The quantitative estimate of drug-likeness (QED) is 0.773. The zero-order valence-corrected chi connectivity index (χ0v) is 13.8. The van der Waals surface area contributed by atoms with E-state index in [0.29, 0.717) is 5.75 Å². The number of aryl methyl sites for hydroxylation is 2. The summed E-state index contributed by atoms with van der Waals surface area (Å²) < 4.78 is 10.0. The summed E-state index contributed by atoms with van der Waals surface area (Å²) in [4.78, 5) is 34.2. The second-order valence-electron chi connectivity index (χ2n) is 5.37. The Morgan fingerprint density at radius 3 is 2.39 bits per heavy atom. The van der Waals surface area contributed by atoms with Gasteiger partial charge in [0.2, 0.25) is 0 Å². The Morgan fingerprint density at radius 2 is 1.78 bits per heavy atom. The smallest absolute Gasteiger partial charge is 0.344 e. The maximum Gasteiger partial charge on any atom is 0.344 e. The van der Waals surface area contributed by atoms with Crippen molar-refractivity contribution in [2.45, 2.75) is 33.7 Å². The minimum Gasteiger partial charge on any atom is -0.482 e. The molecule has 0 spiro atoms. The Bertz CT molecular complexity index is 584. The van der Waals surface area contributed by atoms with Gasteiger partial charge < -0.3 is 14.8 Å². The van der Waals surface area contributed by atoms with E-state index in [-0.39, 0.29) is 12.6 Å². The van der Waals surface area contributed by atoms with Crippen molar-refractivity contribution in [2.24, 2.45) is 0 Å². The number of ether oxygens (including phenoxy) is 2. The molecule has 0 saturated carbocycles. The summed E-state index contributed by atoms with van der Waals surface area (Å²) in [5.74, 6) is -0.851. The van der Waals surface area contributed by atoms with Crippen LogP contribution < -0.4 is 15.4 Å². The van der Waals surface area contributed by atoms with E-state index >= 15 is 0 Å². The molecule has 0 aliphatic heterocycles. The van der Waals surface area contributed by atoms with Gasteiger partial charge in [0.25, 0.3) is 5.91 Å². The number of nitrogens with one attached hydrogen (secondary N) is 2. The molecule has 0 atom stereocenters. The SMILES string of the molecule is Cc1ccc(OCC(=O)OCC(=O)NC(=O)NC(C)C)cc1C. The molecule has 23 heavy (non-hydrogen) atoms. The number of esters is 1. The number of urea groups is 1. The van der Waals surface area contributed by atoms with E-state index in [2.05, 4.69) is 5.32 Å². The summed E-state index contributed by atoms with van der Waals surface area (Å²) >= 11 is 0. The molecule has 7 nitrogen and oxygen atoms in total. The summed E-state index contributed by atoms with van der Waals surface area (Å²) in [6.07, 6.45) is 0. The molecular formula is C16H22N2O5. The Hall–Kier alpha value is -2.57. The fraction of sp³-hybridized carbons (Fsp3) is 0.438. The Labute approximate surface area is 135 Å². The van der Waals surface area contributed by atoms with Crippen LogP contribution in [0.15, 0.2) is 18.2 Å². The van der Waals surface area contributed by atoms with Crippen LogP contribution in [-0.2, 0) is 14.3 Å². The van der Waals surface area contributed by atoms with Crippen molar-refractivity contribution in [1.82, 2.24) is 10.6 Å². The molecule has 0 aromatic heterocycles. The number of imide groups is 1. The lowest BCUT2D eigenvalue weighted by Crippen LogP contribution is -2.44. The highest BCUT2D eigenvalue weighted by Crippen LogP contribution is 2.16. The minimum atomic E-state index is -0.706. The second-order valence-corrected chi connectivity index (χ2v) is 5.37. The summed E-state index contributed by atoms with van der Waals surface area (Å²) in [6.45, 7) is 6.57. The van der Waals surface area contributed by atoms with Crippen molar-refractivity contribution in [2.75, 3.05) is 13.2 Å². The van der Waals surface area contributed by atoms with Gasteiger partial charge in [-0.2, -0.15) is 0 Å². The molecule has 3 amide bonds. The fourth-order valence-electron chi connectivity index (χ4n) is 1.59. The normalized spacial score (nSPS) is 10.1. The number of amides is 3. The fourth-order valence-corrected chi connectivity index (χ4v) is 1.59. The largest absolute Gasteiger partial charge is 0.482 e. The zero-order valence-electron chi connectivity index (χ0n) is 13.8. The third-order valence-corrected chi connectivity index (χ3v) is 2.87. The van der Waals surface area contributed by atoms with Crippen molar-refractivity contribution >= 4 is 17.9 Å². The molecule has 0 fully saturated rings. The molecule has 7 heteroatoms. The van der Waals surface area contributed by atoms with Crippen LogP contribution in [0.4, 0.5) is 4.79 Å². The highest BCUT2D eigenvalue weighted by atomic mass is 16.6. The first-order valence-electron chi connectivity index (χ1n) is 7.24. The van der Waals surface area contributed by atoms with E-state index in [1.165, 1.54) is 0 Å². The number of benzene rings is 1. The molecule has 0 aliphatic carbocycles. The Kier molecular flexibility index (Phi) is 7.05. The maximum absolute atomic E-state index is 11.5. The first kappa shape index (κ1) is 18.5. The highest BCUT2D eigenvalue weighted by Gasteiger charge is 2.12. The first-order valence-corrected chi connectivity index (χ1v) is 7.24. The van der Waals surface area contributed by atoms with Crippen molar-refractivity contribution in [3.63, 3.8) is 0 Å². The number of hydrogen-bond donors (Lipinski definition) is 2. The van der Waals surface area contributed by atoms with E-state index in [1.807, 2.05) is 31.3 Å². The average molecular weight is 322 g/mol. The number of carbonyl (C=O) groups excluding carboxylic acids is 3. The van der Waals surface area contributed by atoms with Crippen molar-refractivity contribution in [1.29, 1.82) is 0 Å². The third kappa shape index (κ3) is 7.30. The van der Waals surface area contributed by atoms with E-state index in [9.17, 15) is 14.4 Å². The Morgan fingerprint density at radius 1 is 1.09 bits per heavy atom. The molecule has 1 aromatic rings. The monoisotopic (exact) mass is 322 g/mol. The standard InChI is InChI=1S/C16H22N2O5/c1-10(2)17-16(21)18-14(19)8-23-15(20)9-22-13-6-5-11(3)12(4)7-13/h5-7,10H,8-9H2,1-4H3,(H2,17,18,19,21). The summed E-state index contributed by atoms with van der Waals surface area (Å²) in [5.41, 5.74) is 2.17. The third-order valence-electron chi connectivity index (χ3n) is 2.87. The summed E-state index contributed by atoms with van der Waals surface area (Å²) in [7, 11) is 0. The van der Waals surface area contributed by atoms with Crippen LogP contribution >= 0.6 is 0 Å². The van der Waals surface area contributed by atoms with Crippen molar-refractivity contribution < 1.29 is 23.9 Å². The average Bonchev–Trinajstić information content (AvgIpc) is 2.45. The molecule has 0 saturated heterocycles. The molecule has 1 aromatic carbocycles. The van der Waals surface area contributed by atoms with Gasteiger partial charge in [-0.3, -0.25) is 10.1 Å². The predicted octanol–water partition coefficient (Wildman–Crippen LogP) is 1.46. The van der Waals surface area contributed by atoms with Crippen LogP contribution in [0.1, 0.15) is 25.0 Å². The number of rotatable bonds is 6.